The zero-order valence-corrected chi connectivity index (χ0v) is 69.5. The van der Waals surface area contributed by atoms with E-state index in [0.29, 0.717) is 11.1 Å². The Hall–Kier alpha value is -13.6. The lowest BCUT2D eigenvalue weighted by atomic mass is 9.96. The van der Waals surface area contributed by atoms with Crippen molar-refractivity contribution in [2.45, 2.75) is 94.2 Å². The first kappa shape index (κ1) is 65.4. The lowest BCUT2D eigenvalue weighted by Gasteiger charge is -2.10. The topological polar surface area (TPSA) is 68.1 Å². The molecule has 0 aliphatic carbocycles. The number of fused-ring (bicyclic) bond motifs is 12. The molecule has 8 aromatic heterocycles. The summed E-state index contributed by atoms with van der Waals surface area (Å²) in [4.78, 5) is 0. The monoisotopic (exact) mass is 1580 g/mol. The average Bonchev–Trinajstić information content (AvgIpc) is 1.56. The van der Waals surface area contributed by atoms with Crippen LogP contribution in [-0.4, -0.2) is 0 Å². The fourth-order valence-electron chi connectivity index (χ4n) is 16.9. The number of hydrogen-bond donors (Lipinski definition) is 0. The van der Waals surface area contributed by atoms with E-state index >= 15 is 0 Å². The molecule has 0 aliphatic rings. The van der Waals surface area contributed by atoms with Gasteiger partial charge < -0.3 is 17.7 Å². The average molecular weight is 1590 g/mol. The second-order valence-electron chi connectivity index (χ2n) is 31.6. The molecule has 0 aliphatic heterocycles. The zero-order valence-electron chi connectivity index (χ0n) is 81.5. The quantitative estimate of drug-likeness (QED) is 0.114. The number of benzene rings is 12. The molecule has 3 unspecified atom stereocenters. The number of nitrogens with zero attached hydrogens (tertiary/aromatic N) is 4. The van der Waals surface area contributed by atoms with Gasteiger partial charge >= 0.3 is 0 Å². The molecule has 0 N–H and O–H groups in total. The summed E-state index contributed by atoms with van der Waals surface area (Å²) >= 11 is 0. The van der Waals surface area contributed by atoms with Gasteiger partial charge in [-0.25, -0.2) is 22.7 Å². The van der Waals surface area contributed by atoms with Gasteiger partial charge in [0.15, 0.2) is 24.8 Å². The van der Waals surface area contributed by atoms with Crippen molar-refractivity contribution in [3.63, 3.8) is 0 Å². The summed E-state index contributed by atoms with van der Waals surface area (Å²) in [6, 6.07) is 94.0. The van der Waals surface area contributed by atoms with Gasteiger partial charge in [0, 0.05) is 106 Å². The molecule has 0 fully saturated rings. The third kappa shape index (κ3) is 15.4. The number of halogens is 1. The fraction of sp³-hybridized carbons (Fsp3) is 0.171. The van der Waals surface area contributed by atoms with Gasteiger partial charge in [0.1, 0.15) is 78.7 Å². The maximum Gasteiger partial charge on any atom is 0.216 e. The summed E-state index contributed by atoms with van der Waals surface area (Å²) in [6.45, 7) is 7.24. The molecule has 20 aromatic rings. The van der Waals surface area contributed by atoms with Gasteiger partial charge in [0.05, 0.1) is 22.3 Å². The maximum absolute atomic E-state index is 14.6. The second kappa shape index (κ2) is 33.0. The Morgan fingerprint density at radius 1 is 0.308 bits per heavy atom. The Kier molecular flexibility index (Phi) is 18.0. The van der Waals surface area contributed by atoms with Crippen LogP contribution in [0.3, 0.4) is 0 Å². The van der Waals surface area contributed by atoms with Gasteiger partial charge in [-0.15, -0.1) is 0 Å². The normalized spacial score (nSPS) is 14.8. The number of aryl methyl sites for hydroxylation is 9. The van der Waals surface area contributed by atoms with E-state index in [1.807, 2.05) is 166 Å². The van der Waals surface area contributed by atoms with Crippen LogP contribution in [0.1, 0.15) is 114 Å². The Labute approximate surface area is 718 Å². The summed E-state index contributed by atoms with van der Waals surface area (Å²) in [5.41, 5.74) is 30.2. The number of aromatic nitrogens is 4. The van der Waals surface area contributed by atoms with E-state index in [4.69, 9.17) is 34.1 Å². The van der Waals surface area contributed by atoms with E-state index in [0.717, 1.165) is 177 Å². The van der Waals surface area contributed by atoms with Crippen LogP contribution < -0.4 is 18.3 Å². The molecule has 0 saturated carbocycles. The Morgan fingerprint density at radius 3 is 1.00 bits per heavy atom. The van der Waals surface area contributed by atoms with Crippen molar-refractivity contribution in [1.29, 1.82) is 0 Å². The molecule has 120 heavy (non-hydrogen) atoms. The van der Waals surface area contributed by atoms with Gasteiger partial charge in [-0.3, -0.25) is 0 Å². The molecule has 0 amide bonds. The number of pyridine rings is 4. The van der Waals surface area contributed by atoms with Gasteiger partial charge in [-0.05, 0) is 181 Å². The third-order valence-electron chi connectivity index (χ3n) is 23.0. The molecule has 8 heterocycles. The summed E-state index contributed by atoms with van der Waals surface area (Å²) in [5, 5.41) is 8.85. The molecule has 0 saturated heterocycles. The molecule has 3 atom stereocenters. The van der Waals surface area contributed by atoms with Crippen LogP contribution in [0.15, 0.2) is 328 Å². The molecule has 0 radical (unpaired) electrons. The van der Waals surface area contributed by atoms with Crippen molar-refractivity contribution in [1.82, 2.24) is 0 Å². The van der Waals surface area contributed by atoms with Crippen molar-refractivity contribution in [3.05, 3.63) is 360 Å². The number of furan rings is 4. The molecule has 8 nitrogen and oxygen atoms in total. The zero-order chi connectivity index (χ0) is 93.6. The van der Waals surface area contributed by atoms with E-state index in [9.17, 15) is 4.39 Å². The number of rotatable bonds is 12. The summed E-state index contributed by atoms with van der Waals surface area (Å²) in [5.74, 6) is -5.98. The van der Waals surface area contributed by atoms with Crippen LogP contribution in [-0.2, 0) is 34.6 Å². The maximum atomic E-state index is 14.6. The first-order valence-corrected chi connectivity index (χ1v) is 40.4. The predicted octanol–water partition coefficient (Wildman–Crippen LogP) is 28.1. The van der Waals surface area contributed by atoms with Crippen molar-refractivity contribution < 1.29 is 56.8 Å². The van der Waals surface area contributed by atoms with E-state index in [1.165, 1.54) is 60.5 Å². The van der Waals surface area contributed by atoms with Crippen LogP contribution >= 0.6 is 0 Å². The Morgan fingerprint density at radius 2 is 0.642 bits per heavy atom. The van der Waals surface area contributed by atoms with Crippen molar-refractivity contribution in [2.24, 2.45) is 34.1 Å². The Bertz CT molecular complexity index is 7900. The van der Waals surface area contributed by atoms with Gasteiger partial charge in [0.2, 0.25) is 22.8 Å². The summed E-state index contributed by atoms with van der Waals surface area (Å²) < 4.78 is 143. The fourth-order valence-corrected chi connectivity index (χ4v) is 16.9. The van der Waals surface area contributed by atoms with Gasteiger partial charge in [0.25, 0.3) is 0 Å². The first-order chi connectivity index (χ1) is 62.7. The van der Waals surface area contributed by atoms with E-state index in [-0.39, 0.29) is 12.0 Å². The Balaban J connectivity index is 0.000000123. The molecular formula is C111H101FN4O4+4. The number of hydrogen-bond acceptors (Lipinski definition) is 4. The minimum absolute atomic E-state index is 0.149. The van der Waals surface area contributed by atoms with Crippen LogP contribution in [0, 0.1) is 46.3 Å². The number of para-hydroxylation sites is 4. The molecule has 0 bridgehead atoms. The van der Waals surface area contributed by atoms with E-state index in [1.54, 1.807) is 18.2 Å². The highest BCUT2D eigenvalue weighted by atomic mass is 19.1. The van der Waals surface area contributed by atoms with Gasteiger partial charge in [-0.1, -0.05) is 247 Å². The summed E-state index contributed by atoms with van der Waals surface area (Å²) in [6.07, 6.45) is 8.40. The SMILES string of the molecule is Cc1cccc(-c2ccc(-c3c(C)ccc4c3oc3ccccc34)[n+](C)c2)c1.[2H]C([2H])([2H])C([2H])(C)Cc1cccc(-c2ccc(-c3c(C)ccc4c3oc3ccccc34)[n+](C)c2)c1.[2H]C([2H])([2H])C([2H])(C)c1cc(-c2ccc(-c3c(C)ccc4c3oc3ccccc34)[n+](C)c2)ccc1F.[2H]C([2H])([2H])C([2H])(C)c1cccc(-c2ccc(-c3c(C)ccc4c3oc3ccccc34)[n+](C)c2)c1. The summed E-state index contributed by atoms with van der Waals surface area (Å²) in [7, 11) is 8.07. The van der Waals surface area contributed by atoms with Crippen LogP contribution in [0.4, 0.5) is 4.39 Å². The van der Waals surface area contributed by atoms with Crippen LogP contribution in [0.5, 0.6) is 0 Å². The highest BCUT2D eigenvalue weighted by molar-refractivity contribution is 6.13. The van der Waals surface area contributed by atoms with Crippen LogP contribution in [0.25, 0.3) is 177 Å². The third-order valence-corrected chi connectivity index (χ3v) is 23.0. The standard InChI is InChI=1S/C29H28NO.C28H25FNO.C28H26NO.C26H22NO/c1-19(2)16-21-8-7-9-22(17-21)23-13-15-26(30(4)18-23)28-20(3)12-14-25-24-10-5-6-11-27(24)31-29(25)28;1-17(2)23-15-19(10-13-24(23)29)20-11-14-25(30(4)16-20)27-18(3)9-12-22-21-7-5-6-8-26(21)31-28(22)27;1-18(2)20-8-7-9-21(16-20)22-13-15-25(29(4)17-22)27-19(3)12-14-24-23-10-5-6-11-26(23)30-28(24)27;1-17-7-6-8-19(15-17)20-12-14-23(27(3)16-20)25-18(2)11-13-22-21-9-4-5-10-24(21)28-26(22)25/h5-15,17-19H,16H2,1-4H3;5-17H,1-4H3;5-18H,1-4H3;4-16H,1-3H3/q4*+1/i1D3,19D;1D3,17D;1D3,18D;. The highest BCUT2D eigenvalue weighted by Crippen LogP contribution is 2.43. The molecule has 20 rings (SSSR count). The van der Waals surface area contributed by atoms with E-state index < -0.39 is 44.1 Å². The van der Waals surface area contributed by atoms with Crippen molar-refractivity contribution in [2.75, 3.05) is 0 Å². The predicted molar refractivity (Wildman–Crippen MR) is 493 cm³/mol. The second-order valence-corrected chi connectivity index (χ2v) is 31.6. The molecule has 0 spiro atoms. The smallest absolute Gasteiger partial charge is 0.216 e. The van der Waals surface area contributed by atoms with Crippen LogP contribution in [0.2, 0.25) is 0 Å². The van der Waals surface area contributed by atoms with Crippen molar-refractivity contribution in [3.8, 4) is 89.5 Å². The van der Waals surface area contributed by atoms with E-state index in [2.05, 4.69) is 194 Å². The largest absolute Gasteiger partial charge is 0.455 e. The van der Waals surface area contributed by atoms with Crippen molar-refractivity contribution >= 4 is 87.8 Å². The first-order valence-electron chi connectivity index (χ1n) is 46.4. The molecule has 12 aromatic carbocycles. The minimum atomic E-state index is -2.66. The van der Waals surface area contributed by atoms with Gasteiger partial charge in [-0.2, -0.15) is 0 Å². The highest BCUT2D eigenvalue weighted by Gasteiger charge is 2.27. The lowest BCUT2D eigenvalue weighted by Crippen LogP contribution is -2.31. The lowest BCUT2D eigenvalue weighted by molar-refractivity contribution is -0.660. The minimum Gasteiger partial charge on any atom is -0.455 e. The molecular weight excluding hydrogens is 1470 g/mol. The molecule has 9 heteroatoms. The molecule has 592 valence electrons.